The molecule has 0 aromatic heterocycles. The van der Waals surface area contributed by atoms with Crippen LogP contribution in [0, 0.1) is 0 Å². The number of allylic oxidation sites excluding steroid dienone is 6. The van der Waals surface area contributed by atoms with Gasteiger partial charge >= 0.3 is 5.97 Å². The molecule has 0 saturated heterocycles. The number of anilines is 1. The normalized spacial score (nSPS) is 20.4. The van der Waals surface area contributed by atoms with Gasteiger partial charge in [-0.15, -0.1) is 0 Å². The number of fused-ring (bicyclic) bond motifs is 2. The summed E-state index contributed by atoms with van der Waals surface area (Å²) in [6.45, 7) is 11.0. The van der Waals surface area contributed by atoms with Crippen LogP contribution in [0.4, 0.5) is 11.4 Å². The topological polar surface area (TPSA) is 46.8 Å². The summed E-state index contributed by atoms with van der Waals surface area (Å²) >= 11 is 6.23. The van der Waals surface area contributed by atoms with Crippen molar-refractivity contribution in [1.82, 2.24) is 4.31 Å². The minimum atomic E-state index is -0.739. The number of thiol groups is 1. The smallest absolute Gasteiger partial charge is 0.303 e. The van der Waals surface area contributed by atoms with Crippen molar-refractivity contribution in [2.24, 2.45) is 0 Å². The number of hydrogen-bond donors (Lipinski definition) is 2. The lowest BCUT2D eigenvalue weighted by molar-refractivity contribution is -0.401. The summed E-state index contributed by atoms with van der Waals surface area (Å²) in [4.78, 5) is 14.6. The van der Waals surface area contributed by atoms with Crippen LogP contribution in [-0.2, 0) is 15.6 Å². The first-order chi connectivity index (χ1) is 20.4. The summed E-state index contributed by atoms with van der Waals surface area (Å²) < 4.78 is 4.50. The fourth-order valence-electron chi connectivity index (χ4n) is 6.83. The molecule has 7 heteroatoms. The molecular formula is C36H46N3O2S2+. The third-order valence-electron chi connectivity index (χ3n) is 9.19. The van der Waals surface area contributed by atoms with E-state index in [1.807, 2.05) is 7.05 Å². The number of aliphatic carboxylic acids is 1. The second kappa shape index (κ2) is 12.7. The van der Waals surface area contributed by atoms with Gasteiger partial charge in [0.25, 0.3) is 0 Å². The highest BCUT2D eigenvalue weighted by Gasteiger charge is 2.43. The van der Waals surface area contributed by atoms with E-state index >= 15 is 0 Å². The number of carboxylic acids is 1. The molecule has 2 aromatic carbocycles. The van der Waals surface area contributed by atoms with Gasteiger partial charge in [-0.1, -0.05) is 38.1 Å². The van der Waals surface area contributed by atoms with E-state index in [0.29, 0.717) is 6.42 Å². The van der Waals surface area contributed by atoms with Gasteiger partial charge in [-0.3, -0.25) is 4.79 Å². The predicted octanol–water partition coefficient (Wildman–Crippen LogP) is 8.14. The van der Waals surface area contributed by atoms with Crippen LogP contribution in [0.25, 0.3) is 0 Å². The molecule has 43 heavy (non-hydrogen) atoms. The van der Waals surface area contributed by atoms with Crippen molar-refractivity contribution >= 4 is 47.6 Å². The molecule has 0 spiro atoms. The molecule has 1 N–H and O–H groups in total. The molecule has 2 heterocycles. The number of rotatable bonds is 11. The van der Waals surface area contributed by atoms with Crippen LogP contribution in [0.15, 0.2) is 82.4 Å². The van der Waals surface area contributed by atoms with Crippen molar-refractivity contribution in [3.63, 3.8) is 0 Å². The number of hydrogen-bond acceptors (Lipinski definition) is 5. The van der Waals surface area contributed by atoms with E-state index in [4.69, 9.17) is 5.11 Å². The molecule has 0 amide bonds. The average molecular weight is 617 g/mol. The lowest BCUT2D eigenvalue weighted by Gasteiger charge is -2.27. The van der Waals surface area contributed by atoms with E-state index in [1.165, 1.54) is 50.0 Å². The Balaban J connectivity index is 1.42. The van der Waals surface area contributed by atoms with E-state index in [-0.39, 0.29) is 17.3 Å². The average Bonchev–Trinajstić information content (AvgIpc) is 3.55. The van der Waals surface area contributed by atoms with Gasteiger partial charge in [0.15, 0.2) is 5.71 Å². The zero-order valence-corrected chi connectivity index (χ0v) is 28.2. The number of carbonyl (C=O) groups is 1. The summed E-state index contributed by atoms with van der Waals surface area (Å²) in [5, 5.41) is 8.99. The second-order valence-electron chi connectivity index (χ2n) is 13.0. The Hall–Kier alpha value is -2.74. The first-order valence-corrected chi connectivity index (χ1v) is 16.8. The molecule has 3 aliphatic rings. The zero-order chi connectivity index (χ0) is 30.9. The summed E-state index contributed by atoms with van der Waals surface area (Å²) in [6, 6.07) is 15.6. The second-order valence-corrected chi connectivity index (χ2v) is 14.8. The molecule has 0 bridgehead atoms. The van der Waals surface area contributed by atoms with Gasteiger partial charge in [0, 0.05) is 58.9 Å². The lowest BCUT2D eigenvalue weighted by Crippen LogP contribution is -2.27. The van der Waals surface area contributed by atoms with Crippen molar-refractivity contribution in [2.45, 2.75) is 75.5 Å². The molecule has 0 radical (unpaired) electrons. The molecule has 5 nitrogen and oxygen atoms in total. The highest BCUT2D eigenvalue weighted by molar-refractivity contribution is 7.97. The fourth-order valence-corrected chi connectivity index (χ4v) is 7.85. The minimum absolute atomic E-state index is 0.0216. The van der Waals surface area contributed by atoms with Crippen molar-refractivity contribution in [2.75, 3.05) is 37.8 Å². The maximum absolute atomic E-state index is 10.9. The lowest BCUT2D eigenvalue weighted by atomic mass is 9.81. The highest BCUT2D eigenvalue weighted by atomic mass is 32.2. The van der Waals surface area contributed by atoms with Gasteiger partial charge in [-0.2, -0.15) is 17.2 Å². The molecule has 2 aliphatic heterocycles. The SMILES string of the molecule is CN(CCCC(=O)O)Sc1ccc2c(c1)C(C)(C)/C(=C\C1=CC(=C/C3=[N+](C)c4ccccc4C3(C)C)/CC1)N2CCCS. The Kier molecular flexibility index (Phi) is 9.36. The summed E-state index contributed by atoms with van der Waals surface area (Å²) in [5.74, 6) is 0.117. The van der Waals surface area contributed by atoms with Gasteiger partial charge < -0.3 is 10.0 Å². The number of nitrogens with zero attached hydrogens (tertiary/aromatic N) is 3. The number of benzene rings is 2. The van der Waals surface area contributed by atoms with Crippen LogP contribution in [0.2, 0.25) is 0 Å². The van der Waals surface area contributed by atoms with Crippen molar-refractivity contribution in [1.29, 1.82) is 0 Å². The Morgan fingerprint density at radius 3 is 2.56 bits per heavy atom. The Labute approximate surface area is 267 Å². The minimum Gasteiger partial charge on any atom is -0.481 e. The van der Waals surface area contributed by atoms with Crippen LogP contribution < -0.4 is 4.90 Å². The number of para-hydroxylation sites is 1. The van der Waals surface area contributed by atoms with Gasteiger partial charge in [0.05, 0.1) is 5.41 Å². The molecular weight excluding hydrogens is 571 g/mol. The summed E-state index contributed by atoms with van der Waals surface area (Å²) in [5.41, 5.74) is 10.7. The van der Waals surface area contributed by atoms with Crippen LogP contribution in [0.3, 0.4) is 0 Å². The monoisotopic (exact) mass is 616 g/mol. The third-order valence-corrected chi connectivity index (χ3v) is 10.5. The molecule has 2 aromatic rings. The predicted molar refractivity (Wildman–Crippen MR) is 184 cm³/mol. The summed E-state index contributed by atoms with van der Waals surface area (Å²) in [7, 11) is 4.23. The van der Waals surface area contributed by atoms with Crippen LogP contribution >= 0.6 is 24.6 Å². The first kappa shape index (κ1) is 31.7. The molecule has 5 rings (SSSR count). The summed E-state index contributed by atoms with van der Waals surface area (Å²) in [6.07, 6.45) is 11.3. The maximum Gasteiger partial charge on any atom is 0.303 e. The number of carboxylic acid groups (broad SMARTS) is 1. The Morgan fingerprint density at radius 1 is 1.07 bits per heavy atom. The van der Waals surface area contributed by atoms with E-state index < -0.39 is 5.97 Å². The van der Waals surface area contributed by atoms with E-state index in [0.717, 1.165) is 38.1 Å². The molecule has 0 unspecified atom stereocenters. The van der Waals surface area contributed by atoms with Crippen LogP contribution in [-0.4, -0.2) is 58.6 Å². The van der Waals surface area contributed by atoms with Gasteiger partial charge in [-0.25, -0.2) is 4.31 Å². The molecule has 0 fully saturated rings. The van der Waals surface area contributed by atoms with E-state index in [1.54, 1.807) is 11.9 Å². The molecule has 1 aliphatic carbocycles. The Morgan fingerprint density at radius 2 is 1.84 bits per heavy atom. The maximum atomic E-state index is 10.9. The molecule has 0 atom stereocenters. The quantitative estimate of drug-likeness (QED) is 0.152. The van der Waals surface area contributed by atoms with E-state index in [2.05, 4.69) is 122 Å². The third kappa shape index (κ3) is 6.40. The van der Waals surface area contributed by atoms with Crippen molar-refractivity contribution < 1.29 is 14.5 Å². The van der Waals surface area contributed by atoms with Crippen molar-refractivity contribution in [3.8, 4) is 0 Å². The van der Waals surface area contributed by atoms with Crippen LogP contribution in [0.1, 0.15) is 70.9 Å². The first-order valence-electron chi connectivity index (χ1n) is 15.4. The fraction of sp³-hybridized carbons (Fsp3) is 0.444. The Bertz CT molecular complexity index is 1530. The van der Waals surface area contributed by atoms with Crippen LogP contribution in [0.5, 0.6) is 0 Å². The molecule has 228 valence electrons. The van der Waals surface area contributed by atoms with Gasteiger partial charge in [0.2, 0.25) is 5.69 Å². The highest BCUT2D eigenvalue weighted by Crippen LogP contribution is 2.50. The van der Waals surface area contributed by atoms with Crippen molar-refractivity contribution in [3.05, 3.63) is 88.7 Å². The van der Waals surface area contributed by atoms with E-state index in [9.17, 15) is 4.79 Å². The largest absolute Gasteiger partial charge is 0.481 e. The standard InChI is InChI=1S/C36H45N3O2S2/c1-35(2)28-11-7-8-12-30(28)38(6)32(35)22-25-14-15-26(21-25)23-33-36(3,4)29-24-27(43-37(5)18-9-13-34(40)41)16-17-31(29)39(33)19-10-20-42/h7-8,11-12,16-17,21-24H,9-10,13-15,18-20H2,1-6H3,(H-,40,41,42)/p+1. The zero-order valence-electron chi connectivity index (χ0n) is 26.5. The van der Waals surface area contributed by atoms with Gasteiger partial charge in [0.1, 0.15) is 7.05 Å². The molecule has 0 saturated carbocycles. The van der Waals surface area contributed by atoms with Gasteiger partial charge in [-0.05, 0) is 105 Å².